The Morgan fingerprint density at radius 3 is 2.58 bits per heavy atom. The van der Waals surface area contributed by atoms with Crippen LogP contribution in [0.5, 0.6) is 0 Å². The lowest BCUT2D eigenvalue weighted by molar-refractivity contribution is 0.802. The topological polar surface area (TPSA) is 81.7 Å². The average molecular weight is 260 g/mol. The Morgan fingerprint density at radius 2 is 2.00 bits per heavy atom. The van der Waals surface area contributed by atoms with Gasteiger partial charge in [0.05, 0.1) is 5.69 Å². The van der Waals surface area contributed by atoms with E-state index in [0.29, 0.717) is 5.82 Å². The maximum Gasteiger partial charge on any atom is 0.224 e. The van der Waals surface area contributed by atoms with Crippen LogP contribution in [0.2, 0.25) is 0 Å². The Labute approximate surface area is 113 Å². The molecule has 0 aliphatic carbocycles. The van der Waals surface area contributed by atoms with Crippen LogP contribution in [0.3, 0.4) is 0 Å². The molecule has 2 aromatic heterocycles. The molecule has 0 radical (unpaired) electrons. The Hall–Kier alpha value is -2.11. The molecule has 6 nitrogen and oxygen atoms in total. The molecule has 2 rings (SSSR count). The van der Waals surface area contributed by atoms with E-state index < -0.39 is 0 Å². The predicted molar refractivity (Wildman–Crippen MR) is 76.6 cm³/mol. The highest BCUT2D eigenvalue weighted by atomic mass is 15.3. The number of nitrogens with one attached hydrogen (secondary N) is 1. The predicted octanol–water partition coefficient (Wildman–Crippen LogP) is 1.99. The quantitative estimate of drug-likeness (QED) is 0.878. The van der Waals surface area contributed by atoms with Crippen molar-refractivity contribution in [1.29, 1.82) is 0 Å². The van der Waals surface area contributed by atoms with Crippen molar-refractivity contribution in [2.75, 3.05) is 17.6 Å². The first-order valence-corrected chi connectivity index (χ1v) is 6.44. The second-order valence-electron chi connectivity index (χ2n) is 4.60. The molecule has 2 aromatic rings. The summed E-state index contributed by atoms with van der Waals surface area (Å²) in [5.74, 6) is 1.68. The minimum Gasteiger partial charge on any atom is -0.370 e. The van der Waals surface area contributed by atoms with Crippen LogP contribution < -0.4 is 11.1 Å². The number of hydrogen-bond donors (Lipinski definition) is 2. The molecule has 102 valence electrons. The van der Waals surface area contributed by atoms with Gasteiger partial charge in [0.25, 0.3) is 0 Å². The van der Waals surface area contributed by atoms with E-state index in [1.54, 1.807) is 4.68 Å². The van der Waals surface area contributed by atoms with Gasteiger partial charge in [-0.2, -0.15) is 15.1 Å². The van der Waals surface area contributed by atoms with Crippen molar-refractivity contribution in [3.63, 3.8) is 0 Å². The fourth-order valence-electron chi connectivity index (χ4n) is 1.85. The van der Waals surface area contributed by atoms with Crippen molar-refractivity contribution in [2.45, 2.75) is 34.1 Å². The molecule has 0 atom stereocenters. The normalized spacial score (nSPS) is 10.7. The van der Waals surface area contributed by atoms with Crippen LogP contribution in [-0.4, -0.2) is 26.3 Å². The number of nitrogen functional groups attached to an aromatic ring is 1. The molecule has 0 bridgehead atoms. The number of aromatic nitrogens is 4. The molecule has 19 heavy (non-hydrogen) atoms. The summed E-state index contributed by atoms with van der Waals surface area (Å²) in [5.41, 5.74) is 8.99. The molecule has 0 aromatic carbocycles. The number of anilines is 2. The van der Waals surface area contributed by atoms with Gasteiger partial charge in [-0.15, -0.1) is 0 Å². The van der Waals surface area contributed by atoms with E-state index >= 15 is 0 Å². The molecular formula is C13H20N6. The van der Waals surface area contributed by atoms with Crippen LogP contribution in [0.15, 0.2) is 6.07 Å². The van der Waals surface area contributed by atoms with Gasteiger partial charge in [0.1, 0.15) is 5.82 Å². The summed E-state index contributed by atoms with van der Waals surface area (Å²) in [5, 5.41) is 7.70. The zero-order valence-electron chi connectivity index (χ0n) is 11.9. The fourth-order valence-corrected chi connectivity index (χ4v) is 1.85. The summed E-state index contributed by atoms with van der Waals surface area (Å²) in [6.45, 7) is 9.01. The molecule has 3 N–H and O–H groups in total. The third-order valence-electron chi connectivity index (χ3n) is 3.16. The van der Waals surface area contributed by atoms with Crippen LogP contribution in [-0.2, 0) is 0 Å². The minimum absolute atomic E-state index is 0.251. The zero-order valence-corrected chi connectivity index (χ0v) is 11.9. The van der Waals surface area contributed by atoms with E-state index in [2.05, 4.69) is 34.2 Å². The van der Waals surface area contributed by atoms with Gasteiger partial charge in [0.15, 0.2) is 5.82 Å². The molecule has 2 heterocycles. The van der Waals surface area contributed by atoms with Crippen LogP contribution in [0.25, 0.3) is 5.82 Å². The first-order valence-electron chi connectivity index (χ1n) is 6.44. The maximum absolute atomic E-state index is 5.76. The van der Waals surface area contributed by atoms with E-state index in [4.69, 9.17) is 5.73 Å². The van der Waals surface area contributed by atoms with E-state index in [0.717, 1.165) is 30.2 Å². The first kappa shape index (κ1) is 13.3. The lowest BCUT2D eigenvalue weighted by Crippen LogP contribution is -2.09. The summed E-state index contributed by atoms with van der Waals surface area (Å²) in [6, 6.07) is 1.87. The van der Waals surface area contributed by atoms with E-state index in [1.165, 1.54) is 5.56 Å². The molecular weight excluding hydrogens is 240 g/mol. The molecule has 0 spiro atoms. The smallest absolute Gasteiger partial charge is 0.224 e. The third kappa shape index (κ3) is 2.67. The number of hydrogen-bond acceptors (Lipinski definition) is 5. The van der Waals surface area contributed by atoms with E-state index in [-0.39, 0.29) is 5.95 Å². The lowest BCUT2D eigenvalue weighted by atomic mass is 10.2. The summed E-state index contributed by atoms with van der Waals surface area (Å²) in [6.07, 6.45) is 1.03. The molecule has 0 saturated carbocycles. The highest BCUT2D eigenvalue weighted by Crippen LogP contribution is 2.18. The standard InChI is InChI=1S/C13H20N6/c1-5-6-15-11-7-12(17-13(14)16-11)19-10(4)8(2)9(3)18-19/h7H,5-6H2,1-4H3,(H3,14,15,16,17). The first-order chi connectivity index (χ1) is 9.02. The molecule has 0 amide bonds. The van der Waals surface area contributed by atoms with Gasteiger partial charge in [0, 0.05) is 18.3 Å². The molecule has 0 saturated heterocycles. The second kappa shape index (κ2) is 5.26. The second-order valence-corrected chi connectivity index (χ2v) is 4.60. The van der Waals surface area contributed by atoms with Crippen LogP contribution in [0.1, 0.15) is 30.3 Å². The van der Waals surface area contributed by atoms with E-state index in [9.17, 15) is 0 Å². The van der Waals surface area contributed by atoms with Crippen molar-refractivity contribution in [1.82, 2.24) is 19.7 Å². The van der Waals surface area contributed by atoms with Crippen LogP contribution >= 0.6 is 0 Å². The summed E-state index contributed by atoms with van der Waals surface area (Å²) >= 11 is 0. The van der Waals surface area contributed by atoms with Crippen molar-refractivity contribution >= 4 is 11.8 Å². The summed E-state index contributed by atoms with van der Waals surface area (Å²) < 4.78 is 1.81. The highest BCUT2D eigenvalue weighted by molar-refractivity contribution is 5.46. The van der Waals surface area contributed by atoms with Gasteiger partial charge < -0.3 is 11.1 Å². The average Bonchev–Trinajstić information content (AvgIpc) is 2.63. The SMILES string of the molecule is CCCNc1cc(-n2nc(C)c(C)c2C)nc(N)n1. The Balaban J connectivity index is 2.43. The van der Waals surface area contributed by atoms with Crippen LogP contribution in [0, 0.1) is 20.8 Å². The molecule has 0 aliphatic rings. The Morgan fingerprint density at radius 1 is 1.26 bits per heavy atom. The number of rotatable bonds is 4. The molecule has 0 fully saturated rings. The van der Waals surface area contributed by atoms with Gasteiger partial charge in [-0.3, -0.25) is 0 Å². The van der Waals surface area contributed by atoms with Crippen LogP contribution in [0.4, 0.5) is 11.8 Å². The monoisotopic (exact) mass is 260 g/mol. The third-order valence-corrected chi connectivity index (χ3v) is 3.16. The van der Waals surface area contributed by atoms with Crippen molar-refractivity contribution < 1.29 is 0 Å². The van der Waals surface area contributed by atoms with Gasteiger partial charge in [-0.25, -0.2) is 4.68 Å². The van der Waals surface area contributed by atoms with Gasteiger partial charge >= 0.3 is 0 Å². The van der Waals surface area contributed by atoms with Gasteiger partial charge in [0.2, 0.25) is 5.95 Å². The minimum atomic E-state index is 0.251. The van der Waals surface area contributed by atoms with Crippen molar-refractivity contribution in [3.05, 3.63) is 23.0 Å². The van der Waals surface area contributed by atoms with Crippen molar-refractivity contribution in [2.24, 2.45) is 0 Å². The Bertz CT molecular complexity index is 587. The molecule has 0 unspecified atom stereocenters. The number of aryl methyl sites for hydroxylation is 1. The number of nitrogens with zero attached hydrogens (tertiary/aromatic N) is 4. The lowest BCUT2D eigenvalue weighted by Gasteiger charge is -2.08. The fraction of sp³-hybridized carbons (Fsp3) is 0.462. The molecule has 0 aliphatic heterocycles. The van der Waals surface area contributed by atoms with Gasteiger partial charge in [-0.1, -0.05) is 6.92 Å². The summed E-state index contributed by atoms with van der Waals surface area (Å²) in [7, 11) is 0. The van der Waals surface area contributed by atoms with Gasteiger partial charge in [-0.05, 0) is 32.8 Å². The summed E-state index contributed by atoms with van der Waals surface area (Å²) in [4.78, 5) is 8.42. The maximum atomic E-state index is 5.76. The molecule has 6 heteroatoms. The van der Waals surface area contributed by atoms with E-state index in [1.807, 2.05) is 19.9 Å². The zero-order chi connectivity index (χ0) is 14.0. The number of nitrogens with two attached hydrogens (primary N) is 1. The largest absolute Gasteiger partial charge is 0.370 e. The van der Waals surface area contributed by atoms with Crippen molar-refractivity contribution in [3.8, 4) is 5.82 Å². The Kier molecular flexibility index (Phi) is 3.69. The highest BCUT2D eigenvalue weighted by Gasteiger charge is 2.11.